The highest BCUT2D eigenvalue weighted by Gasteiger charge is 2.34. The number of hydrogen-bond acceptors (Lipinski definition) is 5. The maximum Gasteiger partial charge on any atom is 0.417 e. The molecule has 0 atom stereocenters. The number of rotatable bonds is 3. The lowest BCUT2D eigenvalue weighted by molar-refractivity contribution is -0.137. The van der Waals surface area contributed by atoms with Crippen LogP contribution >= 0.6 is 11.6 Å². The van der Waals surface area contributed by atoms with Gasteiger partial charge in [-0.05, 0) is 37.1 Å². The number of hydrogen-bond donors (Lipinski definition) is 1. The summed E-state index contributed by atoms with van der Waals surface area (Å²) in [4.78, 5) is 43.4. The summed E-state index contributed by atoms with van der Waals surface area (Å²) in [7, 11) is 1.40. The fraction of sp³-hybridized carbons (Fsp3) is 0.333. The van der Waals surface area contributed by atoms with E-state index in [0.29, 0.717) is 37.2 Å². The van der Waals surface area contributed by atoms with Crippen LogP contribution in [0.4, 0.5) is 24.7 Å². The highest BCUT2D eigenvalue weighted by molar-refractivity contribution is 6.33. The molecule has 2 aliphatic heterocycles. The van der Waals surface area contributed by atoms with Crippen LogP contribution < -0.4 is 10.2 Å². The Morgan fingerprint density at radius 2 is 1.78 bits per heavy atom. The summed E-state index contributed by atoms with van der Waals surface area (Å²) in [6, 6.07) is 5.41. The Kier molecular flexibility index (Phi) is 5.58. The summed E-state index contributed by atoms with van der Waals surface area (Å²) in [6.45, 7) is 0.802. The van der Waals surface area contributed by atoms with E-state index >= 15 is 0 Å². The number of halogens is 4. The number of imide groups is 1. The fourth-order valence-electron chi connectivity index (χ4n) is 3.86. The van der Waals surface area contributed by atoms with Crippen LogP contribution in [-0.4, -0.2) is 47.7 Å². The maximum atomic E-state index is 12.8. The van der Waals surface area contributed by atoms with Gasteiger partial charge in [0.25, 0.3) is 11.8 Å². The fourth-order valence-corrected chi connectivity index (χ4v) is 4.14. The number of carbonyl (C=O) groups excluding carboxylic acids is 3. The van der Waals surface area contributed by atoms with Crippen molar-refractivity contribution >= 4 is 40.8 Å². The number of benzene rings is 1. The normalized spacial score (nSPS) is 17.0. The van der Waals surface area contributed by atoms with E-state index < -0.39 is 17.6 Å². The van der Waals surface area contributed by atoms with Gasteiger partial charge in [-0.2, -0.15) is 13.2 Å². The van der Waals surface area contributed by atoms with Crippen molar-refractivity contribution in [3.63, 3.8) is 0 Å². The summed E-state index contributed by atoms with van der Waals surface area (Å²) in [5.74, 6) is -1.11. The molecule has 1 aromatic heterocycles. The summed E-state index contributed by atoms with van der Waals surface area (Å²) >= 11 is 6.02. The van der Waals surface area contributed by atoms with Crippen LogP contribution in [-0.2, 0) is 11.0 Å². The van der Waals surface area contributed by atoms with Gasteiger partial charge in [-0.3, -0.25) is 19.3 Å². The Balaban J connectivity index is 1.39. The van der Waals surface area contributed by atoms with E-state index in [1.54, 1.807) is 11.0 Å². The van der Waals surface area contributed by atoms with Crippen molar-refractivity contribution in [2.75, 3.05) is 30.4 Å². The SMILES string of the molecule is CN1C(=O)c2ccc(NC(=O)C3CCN(c4ncc(C(F)(F)F)cc4Cl)CC3)cc2C1=O. The molecule has 1 aromatic carbocycles. The van der Waals surface area contributed by atoms with Gasteiger partial charge in [0, 0.05) is 37.9 Å². The smallest absolute Gasteiger partial charge is 0.355 e. The molecule has 11 heteroatoms. The maximum absolute atomic E-state index is 12.8. The number of fused-ring (bicyclic) bond motifs is 1. The van der Waals surface area contributed by atoms with Gasteiger partial charge in [-0.1, -0.05) is 11.6 Å². The van der Waals surface area contributed by atoms with Gasteiger partial charge in [-0.25, -0.2) is 4.98 Å². The predicted octanol–water partition coefficient (Wildman–Crippen LogP) is 3.83. The van der Waals surface area contributed by atoms with Crippen LogP contribution in [0.5, 0.6) is 0 Å². The minimum absolute atomic E-state index is 0.0925. The van der Waals surface area contributed by atoms with Gasteiger partial charge >= 0.3 is 6.18 Å². The lowest BCUT2D eigenvalue weighted by Crippen LogP contribution is -2.38. The topological polar surface area (TPSA) is 82.6 Å². The molecule has 2 aromatic rings. The molecule has 32 heavy (non-hydrogen) atoms. The number of aromatic nitrogens is 1. The lowest BCUT2D eigenvalue weighted by atomic mass is 9.95. The van der Waals surface area contributed by atoms with E-state index in [-0.39, 0.29) is 34.1 Å². The van der Waals surface area contributed by atoms with Crippen molar-refractivity contribution in [2.24, 2.45) is 5.92 Å². The van der Waals surface area contributed by atoms with Crippen molar-refractivity contribution < 1.29 is 27.6 Å². The number of nitrogens with zero attached hydrogens (tertiary/aromatic N) is 3. The Bertz CT molecular complexity index is 1110. The van der Waals surface area contributed by atoms with Crippen molar-refractivity contribution in [1.29, 1.82) is 0 Å². The van der Waals surface area contributed by atoms with Crippen LogP contribution in [0.25, 0.3) is 0 Å². The van der Waals surface area contributed by atoms with Crippen molar-refractivity contribution in [3.8, 4) is 0 Å². The Hall–Kier alpha value is -3.14. The molecule has 1 fully saturated rings. The first-order valence-electron chi connectivity index (χ1n) is 9.81. The molecule has 1 saturated heterocycles. The molecule has 3 heterocycles. The van der Waals surface area contributed by atoms with Gasteiger partial charge in [0.1, 0.15) is 5.82 Å². The molecule has 7 nitrogen and oxygen atoms in total. The van der Waals surface area contributed by atoms with E-state index in [2.05, 4.69) is 10.3 Å². The van der Waals surface area contributed by atoms with E-state index in [9.17, 15) is 27.6 Å². The summed E-state index contributed by atoms with van der Waals surface area (Å²) in [6.07, 6.45) is -2.87. The van der Waals surface area contributed by atoms with Gasteiger partial charge in [-0.15, -0.1) is 0 Å². The van der Waals surface area contributed by atoms with E-state index in [0.717, 1.165) is 17.2 Å². The zero-order valence-corrected chi connectivity index (χ0v) is 17.6. The molecule has 3 amide bonds. The number of carbonyl (C=O) groups is 3. The molecule has 168 valence electrons. The average molecular weight is 467 g/mol. The summed E-state index contributed by atoms with van der Waals surface area (Å²) in [5, 5.41) is 2.68. The molecular weight excluding hydrogens is 449 g/mol. The third-order valence-corrected chi connectivity index (χ3v) is 5.95. The van der Waals surface area contributed by atoms with Crippen molar-refractivity contribution in [1.82, 2.24) is 9.88 Å². The molecule has 0 spiro atoms. The van der Waals surface area contributed by atoms with Gasteiger partial charge < -0.3 is 10.2 Å². The molecule has 4 rings (SSSR count). The Labute approximate surface area is 186 Å². The first kappa shape index (κ1) is 22.1. The number of anilines is 2. The Morgan fingerprint density at radius 1 is 1.12 bits per heavy atom. The van der Waals surface area contributed by atoms with Crippen molar-refractivity contribution in [2.45, 2.75) is 19.0 Å². The van der Waals surface area contributed by atoms with E-state index in [1.807, 2.05) is 0 Å². The molecule has 0 unspecified atom stereocenters. The predicted molar refractivity (Wildman–Crippen MR) is 111 cm³/mol. The second-order valence-corrected chi connectivity index (χ2v) is 8.11. The first-order chi connectivity index (χ1) is 15.1. The second-order valence-electron chi connectivity index (χ2n) is 7.71. The number of amides is 3. The number of nitrogens with one attached hydrogen (secondary N) is 1. The largest absolute Gasteiger partial charge is 0.417 e. The Morgan fingerprint density at radius 3 is 2.41 bits per heavy atom. The zero-order valence-electron chi connectivity index (χ0n) is 16.9. The van der Waals surface area contributed by atoms with Gasteiger partial charge in [0.15, 0.2) is 0 Å². The first-order valence-corrected chi connectivity index (χ1v) is 10.2. The molecule has 0 aliphatic carbocycles. The van der Waals surface area contributed by atoms with E-state index in [4.69, 9.17) is 11.6 Å². The van der Waals surface area contributed by atoms with E-state index in [1.165, 1.54) is 19.2 Å². The number of piperidine rings is 1. The molecule has 0 bridgehead atoms. The average Bonchev–Trinajstić information content (AvgIpc) is 2.97. The monoisotopic (exact) mass is 466 g/mol. The minimum Gasteiger partial charge on any atom is -0.355 e. The summed E-state index contributed by atoms with van der Waals surface area (Å²) in [5.41, 5.74) is 0.0409. The van der Waals surface area contributed by atoms with Crippen molar-refractivity contribution in [3.05, 3.63) is 52.2 Å². The summed E-state index contributed by atoms with van der Waals surface area (Å²) < 4.78 is 38.4. The lowest BCUT2D eigenvalue weighted by Gasteiger charge is -2.32. The highest BCUT2D eigenvalue weighted by atomic mass is 35.5. The zero-order chi connectivity index (χ0) is 23.2. The number of alkyl halides is 3. The third kappa shape index (κ3) is 4.02. The number of pyridine rings is 1. The molecule has 1 N–H and O–H groups in total. The van der Waals surface area contributed by atoms with Gasteiger partial charge in [0.2, 0.25) is 5.91 Å². The van der Waals surface area contributed by atoms with Crippen LogP contribution in [0, 0.1) is 5.92 Å². The van der Waals surface area contributed by atoms with Crippen LogP contribution in [0.15, 0.2) is 30.5 Å². The molecular formula is C21H18ClF3N4O3. The van der Waals surface area contributed by atoms with Gasteiger partial charge in [0.05, 0.1) is 21.7 Å². The standard InChI is InChI=1S/C21H18ClF3N4O3/c1-28-19(31)14-3-2-13(9-15(14)20(28)32)27-18(30)11-4-6-29(7-5-11)17-16(22)8-12(10-26-17)21(23,24)25/h2-3,8-11H,4-7H2,1H3,(H,27,30). The molecule has 0 radical (unpaired) electrons. The minimum atomic E-state index is -4.52. The van der Waals surface area contributed by atoms with Crippen LogP contribution in [0.2, 0.25) is 5.02 Å². The van der Waals surface area contributed by atoms with Crippen LogP contribution in [0.3, 0.4) is 0 Å². The third-order valence-electron chi connectivity index (χ3n) is 5.67. The second kappa shape index (κ2) is 8.09. The van der Waals surface area contributed by atoms with Crippen LogP contribution in [0.1, 0.15) is 39.1 Å². The quantitative estimate of drug-likeness (QED) is 0.695. The molecule has 2 aliphatic rings. The highest BCUT2D eigenvalue weighted by Crippen LogP contribution is 2.35. The molecule has 0 saturated carbocycles.